The third-order valence-electron chi connectivity index (χ3n) is 2.15. The molecule has 0 saturated heterocycles. The van der Waals surface area contributed by atoms with E-state index in [1.165, 1.54) is 0 Å². The monoisotopic (exact) mass is 208 g/mol. The van der Waals surface area contributed by atoms with Crippen LogP contribution in [0.5, 0.6) is 0 Å². The predicted octanol–water partition coefficient (Wildman–Crippen LogP) is 1.00. The molecule has 0 aliphatic carbocycles. The maximum Gasteiger partial charge on any atom is 0.229 e. The van der Waals surface area contributed by atoms with Crippen LogP contribution in [0.15, 0.2) is 24.3 Å². The van der Waals surface area contributed by atoms with Crippen LogP contribution in [0.2, 0.25) is 0 Å². The average Bonchev–Trinajstić information content (AvgIpc) is 2.22. The Bertz CT molecular complexity index is 322. The molecule has 82 valence electrons. The highest BCUT2D eigenvalue weighted by molar-refractivity contribution is 5.93. The number of carbonyl (C=O) groups excluding carboxylic acids is 1. The Hall–Kier alpha value is -1.55. The lowest BCUT2D eigenvalue weighted by Crippen LogP contribution is -2.30. The second kappa shape index (κ2) is 5.36. The van der Waals surface area contributed by atoms with Gasteiger partial charge in [0.05, 0.1) is 13.0 Å². The van der Waals surface area contributed by atoms with Gasteiger partial charge in [-0.25, -0.2) is 0 Å². The molecule has 0 aliphatic heterocycles. The van der Waals surface area contributed by atoms with Crippen molar-refractivity contribution < 1.29 is 9.90 Å². The summed E-state index contributed by atoms with van der Waals surface area (Å²) < 4.78 is 0. The van der Waals surface area contributed by atoms with Gasteiger partial charge in [0.1, 0.15) is 0 Å². The Kier molecular flexibility index (Phi) is 4.12. The Morgan fingerprint density at radius 1 is 1.40 bits per heavy atom. The average molecular weight is 208 g/mol. The number of anilines is 2. The fraction of sp³-hybridized carbons (Fsp3) is 0.364. The van der Waals surface area contributed by atoms with Crippen molar-refractivity contribution in [3.05, 3.63) is 24.3 Å². The first-order valence-corrected chi connectivity index (χ1v) is 4.95. The molecule has 0 saturated carbocycles. The quantitative estimate of drug-likeness (QED) is 0.725. The number of aliphatic hydroxyl groups excluding tert-OH is 1. The van der Waals surface area contributed by atoms with E-state index in [2.05, 4.69) is 0 Å². The molecule has 0 spiro atoms. The summed E-state index contributed by atoms with van der Waals surface area (Å²) in [6.07, 6.45) is 0.151. The fourth-order valence-corrected chi connectivity index (χ4v) is 1.39. The molecule has 3 N–H and O–H groups in total. The highest BCUT2D eigenvalue weighted by Gasteiger charge is 2.12. The van der Waals surface area contributed by atoms with E-state index >= 15 is 0 Å². The molecule has 0 aliphatic rings. The molecule has 0 aromatic heterocycles. The molecule has 0 radical (unpaired) electrons. The summed E-state index contributed by atoms with van der Waals surface area (Å²) in [7, 11) is 0. The molecule has 0 heterocycles. The number of nitrogen functional groups attached to an aromatic ring is 1. The van der Waals surface area contributed by atoms with E-state index in [0.29, 0.717) is 12.2 Å². The van der Waals surface area contributed by atoms with Gasteiger partial charge in [-0.15, -0.1) is 0 Å². The number of carbonyl (C=O) groups is 1. The van der Waals surface area contributed by atoms with Crippen LogP contribution in [0.25, 0.3) is 0 Å². The lowest BCUT2D eigenvalue weighted by molar-refractivity contribution is -0.119. The molecular weight excluding hydrogens is 192 g/mol. The zero-order chi connectivity index (χ0) is 11.3. The molecule has 1 amide bonds. The molecule has 15 heavy (non-hydrogen) atoms. The van der Waals surface area contributed by atoms with E-state index in [1.54, 1.807) is 29.2 Å². The Morgan fingerprint density at radius 3 is 2.47 bits per heavy atom. The van der Waals surface area contributed by atoms with Crippen molar-refractivity contribution in [1.29, 1.82) is 0 Å². The molecule has 4 heteroatoms. The van der Waals surface area contributed by atoms with Crippen LogP contribution >= 0.6 is 0 Å². The fourth-order valence-electron chi connectivity index (χ4n) is 1.39. The van der Waals surface area contributed by atoms with Crippen molar-refractivity contribution >= 4 is 17.3 Å². The number of rotatable bonds is 4. The van der Waals surface area contributed by atoms with E-state index < -0.39 is 0 Å². The molecule has 1 aromatic carbocycles. The number of benzene rings is 1. The largest absolute Gasteiger partial charge is 0.399 e. The number of amides is 1. The highest BCUT2D eigenvalue weighted by atomic mass is 16.3. The molecule has 0 bridgehead atoms. The van der Waals surface area contributed by atoms with Gasteiger partial charge in [-0.2, -0.15) is 0 Å². The zero-order valence-electron chi connectivity index (χ0n) is 8.81. The Morgan fingerprint density at radius 2 is 2.00 bits per heavy atom. The van der Waals surface area contributed by atoms with Crippen LogP contribution in [-0.2, 0) is 4.79 Å². The number of hydrogen-bond acceptors (Lipinski definition) is 3. The van der Waals surface area contributed by atoms with Crippen molar-refractivity contribution in [2.45, 2.75) is 13.3 Å². The van der Waals surface area contributed by atoms with E-state index in [9.17, 15) is 4.79 Å². The van der Waals surface area contributed by atoms with Gasteiger partial charge in [-0.1, -0.05) is 0 Å². The lowest BCUT2D eigenvalue weighted by Gasteiger charge is -2.20. The minimum Gasteiger partial charge on any atom is -0.399 e. The molecule has 1 aromatic rings. The maximum absolute atomic E-state index is 11.6. The van der Waals surface area contributed by atoms with Crippen LogP contribution in [0.4, 0.5) is 11.4 Å². The van der Waals surface area contributed by atoms with Crippen molar-refractivity contribution in [2.75, 3.05) is 23.8 Å². The van der Waals surface area contributed by atoms with Crippen molar-refractivity contribution in [1.82, 2.24) is 0 Å². The molecule has 0 unspecified atom stereocenters. The first kappa shape index (κ1) is 11.5. The van der Waals surface area contributed by atoms with E-state index in [1.807, 2.05) is 6.92 Å². The normalized spacial score (nSPS) is 10.0. The first-order valence-electron chi connectivity index (χ1n) is 4.95. The Balaban J connectivity index is 2.82. The molecular formula is C11H16N2O2. The van der Waals surface area contributed by atoms with E-state index in [-0.39, 0.29) is 18.9 Å². The number of hydrogen-bond donors (Lipinski definition) is 2. The number of nitrogens with zero attached hydrogens (tertiary/aromatic N) is 1. The van der Waals surface area contributed by atoms with Crippen LogP contribution in [0.3, 0.4) is 0 Å². The third kappa shape index (κ3) is 2.95. The summed E-state index contributed by atoms with van der Waals surface area (Å²) in [5.74, 6) is -0.0789. The van der Waals surface area contributed by atoms with Gasteiger partial charge in [0.25, 0.3) is 0 Å². The third-order valence-corrected chi connectivity index (χ3v) is 2.15. The predicted molar refractivity (Wildman–Crippen MR) is 60.6 cm³/mol. The second-order valence-corrected chi connectivity index (χ2v) is 3.20. The minimum absolute atomic E-state index is 0.0789. The van der Waals surface area contributed by atoms with Gasteiger partial charge in [-0.3, -0.25) is 4.79 Å². The van der Waals surface area contributed by atoms with E-state index in [4.69, 9.17) is 10.8 Å². The van der Waals surface area contributed by atoms with Gasteiger partial charge in [0.2, 0.25) is 5.91 Å². The summed E-state index contributed by atoms with van der Waals surface area (Å²) in [4.78, 5) is 13.2. The van der Waals surface area contributed by atoms with Gasteiger partial charge >= 0.3 is 0 Å². The maximum atomic E-state index is 11.6. The van der Waals surface area contributed by atoms with Crippen LogP contribution in [0.1, 0.15) is 13.3 Å². The Labute approximate surface area is 89.3 Å². The van der Waals surface area contributed by atoms with Crippen molar-refractivity contribution in [3.8, 4) is 0 Å². The van der Waals surface area contributed by atoms with Crippen LogP contribution in [0, 0.1) is 0 Å². The smallest absolute Gasteiger partial charge is 0.229 e. The summed E-state index contributed by atoms with van der Waals surface area (Å²) in [5.41, 5.74) is 7.04. The van der Waals surface area contributed by atoms with Gasteiger partial charge in [0.15, 0.2) is 0 Å². The molecule has 1 rings (SSSR count). The topological polar surface area (TPSA) is 66.6 Å². The van der Waals surface area contributed by atoms with Crippen molar-refractivity contribution in [2.24, 2.45) is 0 Å². The van der Waals surface area contributed by atoms with Crippen LogP contribution in [-0.4, -0.2) is 24.2 Å². The first-order chi connectivity index (χ1) is 7.19. The summed E-state index contributed by atoms with van der Waals surface area (Å²) in [5, 5.41) is 8.70. The van der Waals surface area contributed by atoms with Gasteiger partial charge < -0.3 is 15.7 Å². The molecule has 4 nitrogen and oxygen atoms in total. The van der Waals surface area contributed by atoms with E-state index in [0.717, 1.165) is 5.69 Å². The molecule has 0 fully saturated rings. The number of nitrogens with two attached hydrogens (primary N) is 1. The highest BCUT2D eigenvalue weighted by Crippen LogP contribution is 2.16. The minimum atomic E-state index is -0.121. The van der Waals surface area contributed by atoms with Crippen LogP contribution < -0.4 is 10.6 Å². The second-order valence-electron chi connectivity index (χ2n) is 3.20. The lowest BCUT2D eigenvalue weighted by atomic mass is 10.2. The standard InChI is InChI=1S/C11H16N2O2/c1-2-13(11(15)7-8-14)10-5-3-9(12)4-6-10/h3-6,14H,2,7-8,12H2,1H3. The SMILES string of the molecule is CCN(C(=O)CCO)c1ccc(N)cc1. The summed E-state index contributed by atoms with van der Waals surface area (Å²) >= 11 is 0. The van der Waals surface area contributed by atoms with Gasteiger partial charge in [0, 0.05) is 17.9 Å². The van der Waals surface area contributed by atoms with Gasteiger partial charge in [-0.05, 0) is 31.2 Å². The summed E-state index contributed by atoms with van der Waals surface area (Å²) in [6, 6.07) is 7.11. The molecule has 0 atom stereocenters. The van der Waals surface area contributed by atoms with Crippen molar-refractivity contribution in [3.63, 3.8) is 0 Å². The summed E-state index contributed by atoms with van der Waals surface area (Å²) in [6.45, 7) is 2.36. The number of aliphatic hydroxyl groups is 1. The zero-order valence-corrected chi connectivity index (χ0v) is 8.81.